The predicted octanol–water partition coefficient (Wildman–Crippen LogP) is 2.99. The molecule has 3 atom stereocenters. The number of rotatable bonds is 4. The minimum absolute atomic E-state index is 0.126. The van der Waals surface area contributed by atoms with Crippen molar-refractivity contribution < 1.29 is 60.5 Å². The molecule has 1 aromatic rings. The van der Waals surface area contributed by atoms with Crippen LogP contribution in [-0.4, -0.2) is 94.8 Å². The maximum Gasteiger partial charge on any atom is 0.490 e. The lowest BCUT2D eigenvalue weighted by Crippen LogP contribution is -2.41. The third-order valence-electron chi connectivity index (χ3n) is 6.19. The van der Waals surface area contributed by atoms with Gasteiger partial charge in [0, 0.05) is 45.0 Å². The number of hydrogen-bond donors (Lipinski definition) is 2. The second-order valence-electron chi connectivity index (χ2n) is 9.12. The first-order valence-electron chi connectivity index (χ1n) is 11.9. The summed E-state index contributed by atoms with van der Waals surface area (Å²) in [6, 6.07) is 4.15. The third-order valence-corrected chi connectivity index (χ3v) is 6.19. The molecule has 0 bridgehead atoms. The van der Waals surface area contributed by atoms with Gasteiger partial charge in [0.2, 0.25) is 5.91 Å². The van der Waals surface area contributed by atoms with Gasteiger partial charge in [0.1, 0.15) is 0 Å². The molecule has 3 aliphatic rings. The van der Waals surface area contributed by atoms with E-state index in [1.165, 1.54) is 5.56 Å². The molecular weight excluding hydrogens is 544 g/mol. The van der Waals surface area contributed by atoms with Gasteiger partial charge in [-0.15, -0.1) is 0 Å². The quantitative estimate of drug-likeness (QED) is 0.523. The van der Waals surface area contributed by atoms with Crippen molar-refractivity contribution in [2.24, 2.45) is 17.8 Å². The van der Waals surface area contributed by atoms with Crippen molar-refractivity contribution in [1.82, 2.24) is 14.9 Å². The number of nitrogens with zero attached hydrogens (tertiary/aromatic N) is 3. The SMILES string of the molecule is O=C(C[C@@H]1COC[C@H]2CN(Cc3ccncc3)C[C@@H]12)N1CCCCO1.O=C(O)C(F)(F)F.O=C(O)C(F)(F)F. The average molecular weight is 573 g/mol. The zero-order valence-corrected chi connectivity index (χ0v) is 20.7. The number of halogens is 6. The fourth-order valence-electron chi connectivity index (χ4n) is 4.40. The van der Waals surface area contributed by atoms with Gasteiger partial charge in [-0.3, -0.25) is 19.5 Å². The molecular formula is C23H29F6N3O7. The van der Waals surface area contributed by atoms with E-state index in [-0.39, 0.29) is 5.91 Å². The monoisotopic (exact) mass is 573 g/mol. The summed E-state index contributed by atoms with van der Waals surface area (Å²) in [4.78, 5) is 42.4. The summed E-state index contributed by atoms with van der Waals surface area (Å²) in [6.45, 7) is 5.97. The number of carboxylic acid groups (broad SMARTS) is 2. The van der Waals surface area contributed by atoms with Crippen LogP contribution in [0.3, 0.4) is 0 Å². The number of ether oxygens (including phenoxy) is 1. The lowest BCUT2D eigenvalue weighted by atomic mass is 9.81. The van der Waals surface area contributed by atoms with Crippen LogP contribution in [0.25, 0.3) is 0 Å². The second-order valence-corrected chi connectivity index (χ2v) is 9.12. The number of fused-ring (bicyclic) bond motifs is 1. The maximum absolute atomic E-state index is 12.6. The summed E-state index contributed by atoms with van der Waals surface area (Å²) in [5.74, 6) is -4.00. The van der Waals surface area contributed by atoms with Crippen molar-refractivity contribution in [3.8, 4) is 0 Å². The number of carboxylic acids is 2. The van der Waals surface area contributed by atoms with Gasteiger partial charge < -0.3 is 14.9 Å². The number of aromatic nitrogens is 1. The van der Waals surface area contributed by atoms with E-state index < -0.39 is 24.3 Å². The van der Waals surface area contributed by atoms with E-state index in [1.54, 1.807) is 5.06 Å². The Kier molecular flexibility index (Phi) is 11.9. The topological polar surface area (TPSA) is 130 Å². The molecule has 2 N–H and O–H groups in total. The highest BCUT2D eigenvalue weighted by Gasteiger charge is 2.42. The van der Waals surface area contributed by atoms with Gasteiger partial charge in [-0.25, -0.2) is 14.7 Å². The molecule has 16 heteroatoms. The summed E-state index contributed by atoms with van der Waals surface area (Å²) in [5, 5.41) is 15.8. The average Bonchev–Trinajstić information content (AvgIpc) is 3.28. The number of carbonyl (C=O) groups is 3. The number of carbonyl (C=O) groups excluding carboxylic acids is 1. The summed E-state index contributed by atoms with van der Waals surface area (Å²) in [7, 11) is 0. The van der Waals surface area contributed by atoms with Gasteiger partial charge in [-0.1, -0.05) is 0 Å². The van der Waals surface area contributed by atoms with Crippen LogP contribution in [0, 0.1) is 17.8 Å². The van der Waals surface area contributed by atoms with Crippen LogP contribution in [0.2, 0.25) is 0 Å². The van der Waals surface area contributed by atoms with Gasteiger partial charge in [0.15, 0.2) is 0 Å². The molecule has 0 unspecified atom stereocenters. The van der Waals surface area contributed by atoms with Crippen LogP contribution in [0.15, 0.2) is 24.5 Å². The summed E-state index contributed by atoms with van der Waals surface area (Å²) in [6.07, 6.45) is -3.84. The number of hydrogen-bond acceptors (Lipinski definition) is 7. The van der Waals surface area contributed by atoms with E-state index in [2.05, 4.69) is 22.0 Å². The zero-order valence-electron chi connectivity index (χ0n) is 20.7. The van der Waals surface area contributed by atoms with Gasteiger partial charge in [-0.2, -0.15) is 26.3 Å². The first kappa shape index (κ1) is 32.2. The van der Waals surface area contributed by atoms with E-state index in [0.717, 1.165) is 45.6 Å². The molecule has 0 aromatic carbocycles. The fourth-order valence-corrected chi connectivity index (χ4v) is 4.40. The second kappa shape index (κ2) is 14.4. The first-order valence-corrected chi connectivity index (χ1v) is 11.9. The number of pyridine rings is 1. The Morgan fingerprint density at radius 3 is 2.05 bits per heavy atom. The Morgan fingerprint density at radius 1 is 0.949 bits per heavy atom. The van der Waals surface area contributed by atoms with E-state index in [4.69, 9.17) is 29.4 Å². The smallest absolute Gasteiger partial charge is 0.475 e. The van der Waals surface area contributed by atoms with Crippen molar-refractivity contribution in [3.63, 3.8) is 0 Å². The van der Waals surface area contributed by atoms with Crippen LogP contribution in [0.4, 0.5) is 26.3 Å². The van der Waals surface area contributed by atoms with E-state index in [0.29, 0.717) is 37.4 Å². The van der Waals surface area contributed by atoms with Crippen molar-refractivity contribution in [2.75, 3.05) is 39.5 Å². The number of hydroxylamine groups is 2. The number of amides is 1. The van der Waals surface area contributed by atoms with E-state index in [1.807, 2.05) is 12.4 Å². The maximum atomic E-state index is 12.6. The molecule has 0 spiro atoms. The van der Waals surface area contributed by atoms with Crippen LogP contribution in [-0.2, 0) is 30.5 Å². The molecule has 39 heavy (non-hydrogen) atoms. The number of aliphatic carboxylic acids is 2. The van der Waals surface area contributed by atoms with E-state index >= 15 is 0 Å². The molecule has 4 heterocycles. The van der Waals surface area contributed by atoms with Crippen LogP contribution in [0.1, 0.15) is 24.8 Å². The van der Waals surface area contributed by atoms with Crippen LogP contribution < -0.4 is 0 Å². The Morgan fingerprint density at radius 2 is 1.54 bits per heavy atom. The zero-order chi connectivity index (χ0) is 29.2. The van der Waals surface area contributed by atoms with Gasteiger partial charge in [0.05, 0.1) is 19.8 Å². The first-order chi connectivity index (χ1) is 18.2. The molecule has 10 nitrogen and oxygen atoms in total. The third kappa shape index (κ3) is 11.0. The molecule has 4 rings (SSSR count). The van der Waals surface area contributed by atoms with Crippen LogP contribution >= 0.6 is 0 Å². The Bertz CT molecular complexity index is 918. The number of alkyl halides is 6. The lowest BCUT2D eigenvalue weighted by molar-refractivity contribution is -0.199. The molecule has 1 amide bonds. The molecule has 220 valence electrons. The molecule has 0 aliphatic carbocycles. The molecule has 3 aliphatic heterocycles. The predicted molar refractivity (Wildman–Crippen MR) is 120 cm³/mol. The standard InChI is InChI=1S/C19H27N3O3.2C2HF3O2/c23-19(22-7-1-2-8-25-22)9-16-13-24-14-17-11-21(12-18(16)17)10-15-3-5-20-6-4-15;2*3-2(4,5)1(6)7/h3-6,16-18H,1-2,7-14H2;2*(H,6,7)/t16-,17-,18+;;/m1../s1. The summed E-state index contributed by atoms with van der Waals surface area (Å²) in [5.41, 5.74) is 1.30. The minimum Gasteiger partial charge on any atom is -0.475 e. The fraction of sp³-hybridized carbons (Fsp3) is 0.652. The molecule has 3 saturated heterocycles. The van der Waals surface area contributed by atoms with Crippen molar-refractivity contribution in [2.45, 2.75) is 38.2 Å². The van der Waals surface area contributed by atoms with Crippen molar-refractivity contribution in [3.05, 3.63) is 30.1 Å². The summed E-state index contributed by atoms with van der Waals surface area (Å²) >= 11 is 0. The highest BCUT2D eigenvalue weighted by atomic mass is 19.4. The highest BCUT2D eigenvalue weighted by Crippen LogP contribution is 2.36. The van der Waals surface area contributed by atoms with Crippen molar-refractivity contribution in [1.29, 1.82) is 0 Å². The normalized spacial score (nSPS) is 23.4. The largest absolute Gasteiger partial charge is 0.490 e. The molecule has 0 saturated carbocycles. The van der Waals surface area contributed by atoms with Gasteiger partial charge in [-0.05, 0) is 48.3 Å². The van der Waals surface area contributed by atoms with Crippen molar-refractivity contribution >= 4 is 17.8 Å². The molecule has 3 fully saturated rings. The molecule has 1 aromatic heterocycles. The highest BCUT2D eigenvalue weighted by molar-refractivity contribution is 5.75. The van der Waals surface area contributed by atoms with Gasteiger partial charge >= 0.3 is 24.3 Å². The Labute approximate surface area is 219 Å². The van der Waals surface area contributed by atoms with Crippen LogP contribution in [0.5, 0.6) is 0 Å². The number of likely N-dealkylation sites (tertiary alicyclic amines) is 1. The Hall–Kier alpha value is -2.98. The Balaban J connectivity index is 0.000000317. The van der Waals surface area contributed by atoms with E-state index in [9.17, 15) is 31.1 Å². The van der Waals surface area contributed by atoms with Gasteiger partial charge in [0.25, 0.3) is 0 Å². The summed E-state index contributed by atoms with van der Waals surface area (Å²) < 4.78 is 69.3. The molecule has 0 radical (unpaired) electrons. The minimum atomic E-state index is -5.08. The lowest BCUT2D eigenvalue weighted by Gasteiger charge is -2.34.